The molecule has 2 rings (SSSR count). The Labute approximate surface area is 91.8 Å². The van der Waals surface area contributed by atoms with Crippen LogP contribution in [0.2, 0.25) is 0 Å². The molecule has 0 unspecified atom stereocenters. The quantitative estimate of drug-likeness (QED) is 0.782. The summed E-state index contributed by atoms with van der Waals surface area (Å²) in [6.45, 7) is 1.70. The molecule has 1 aliphatic rings. The number of hydrogen-bond acceptors (Lipinski definition) is 2. The van der Waals surface area contributed by atoms with Gasteiger partial charge in [-0.1, -0.05) is 0 Å². The third-order valence-electron chi connectivity index (χ3n) is 2.79. The number of rotatable bonds is 2. The molecule has 88 valence electrons. The van der Waals surface area contributed by atoms with E-state index in [1.807, 2.05) is 4.90 Å². The van der Waals surface area contributed by atoms with Crippen LogP contribution in [0.4, 0.5) is 13.2 Å². The van der Waals surface area contributed by atoms with Gasteiger partial charge in [-0.3, -0.25) is 4.90 Å². The summed E-state index contributed by atoms with van der Waals surface area (Å²) >= 11 is 0. The molecule has 2 nitrogen and oxygen atoms in total. The van der Waals surface area contributed by atoms with Gasteiger partial charge in [0.1, 0.15) is 5.82 Å². The molecule has 1 aromatic carbocycles. The number of hydrogen-bond donors (Lipinski definition) is 1. The van der Waals surface area contributed by atoms with Crippen molar-refractivity contribution in [1.82, 2.24) is 4.90 Å². The van der Waals surface area contributed by atoms with Gasteiger partial charge >= 0.3 is 0 Å². The fourth-order valence-electron chi connectivity index (χ4n) is 1.93. The largest absolute Gasteiger partial charge is 0.326 e. The van der Waals surface area contributed by atoms with Crippen molar-refractivity contribution in [3.05, 3.63) is 35.1 Å². The molecule has 0 amide bonds. The Bertz CT molecular complexity index is 395. The Balaban J connectivity index is 2.12. The highest BCUT2D eigenvalue weighted by Crippen LogP contribution is 2.18. The minimum absolute atomic E-state index is 0.0911. The van der Waals surface area contributed by atoms with Gasteiger partial charge in [0.05, 0.1) is 0 Å². The van der Waals surface area contributed by atoms with Gasteiger partial charge in [0, 0.05) is 37.3 Å². The fourth-order valence-corrected chi connectivity index (χ4v) is 1.93. The van der Waals surface area contributed by atoms with Gasteiger partial charge in [-0.05, 0) is 12.5 Å². The van der Waals surface area contributed by atoms with E-state index in [-0.39, 0.29) is 18.2 Å². The fraction of sp³-hybridized carbons (Fsp3) is 0.455. The van der Waals surface area contributed by atoms with Crippen LogP contribution in [0.25, 0.3) is 0 Å². The van der Waals surface area contributed by atoms with Crippen LogP contribution >= 0.6 is 0 Å². The standard InChI is InChI=1S/C11H13F3N2/c12-9-4-11(14)10(13)3-7(9)5-16-2-1-8(15)6-16/h3-4,8H,1-2,5-6,15H2/t8-/m1/s1. The van der Waals surface area contributed by atoms with Crippen molar-refractivity contribution in [3.63, 3.8) is 0 Å². The molecular weight excluding hydrogens is 217 g/mol. The second-order valence-corrected chi connectivity index (χ2v) is 4.14. The minimum atomic E-state index is -1.15. The lowest BCUT2D eigenvalue weighted by atomic mass is 10.2. The molecule has 16 heavy (non-hydrogen) atoms. The van der Waals surface area contributed by atoms with Crippen LogP contribution in [0, 0.1) is 17.5 Å². The van der Waals surface area contributed by atoms with Crippen LogP contribution in [-0.4, -0.2) is 24.0 Å². The van der Waals surface area contributed by atoms with Crippen molar-refractivity contribution in [2.45, 2.75) is 19.0 Å². The predicted octanol–water partition coefficient (Wildman–Crippen LogP) is 1.64. The third-order valence-corrected chi connectivity index (χ3v) is 2.79. The highest BCUT2D eigenvalue weighted by atomic mass is 19.2. The van der Waals surface area contributed by atoms with Gasteiger partial charge in [-0.25, -0.2) is 13.2 Å². The van der Waals surface area contributed by atoms with Crippen molar-refractivity contribution in [2.75, 3.05) is 13.1 Å². The summed E-state index contributed by atoms with van der Waals surface area (Å²) < 4.78 is 38.9. The molecule has 0 bridgehead atoms. The summed E-state index contributed by atoms with van der Waals surface area (Å²) in [6.07, 6.45) is 0.852. The molecular formula is C11H13F3N2. The van der Waals surface area contributed by atoms with E-state index in [2.05, 4.69) is 0 Å². The Hall–Kier alpha value is -1.07. The smallest absolute Gasteiger partial charge is 0.161 e. The highest BCUT2D eigenvalue weighted by Gasteiger charge is 2.20. The average Bonchev–Trinajstić information content (AvgIpc) is 2.60. The summed E-state index contributed by atoms with van der Waals surface area (Å²) in [6, 6.07) is 1.59. The first-order chi connectivity index (χ1) is 7.56. The van der Waals surface area contributed by atoms with Crippen molar-refractivity contribution < 1.29 is 13.2 Å². The molecule has 1 aromatic rings. The van der Waals surface area contributed by atoms with E-state index < -0.39 is 17.5 Å². The normalized spacial score (nSPS) is 21.6. The zero-order valence-electron chi connectivity index (χ0n) is 8.72. The Morgan fingerprint density at radius 3 is 2.50 bits per heavy atom. The predicted molar refractivity (Wildman–Crippen MR) is 54.2 cm³/mol. The van der Waals surface area contributed by atoms with E-state index in [4.69, 9.17) is 5.73 Å². The van der Waals surface area contributed by atoms with Crippen molar-refractivity contribution in [3.8, 4) is 0 Å². The maximum atomic E-state index is 13.3. The lowest BCUT2D eigenvalue weighted by Crippen LogP contribution is -2.26. The second kappa shape index (κ2) is 4.43. The number of benzene rings is 1. The van der Waals surface area contributed by atoms with Crippen LogP contribution in [0.3, 0.4) is 0 Å². The Kier molecular flexibility index (Phi) is 3.16. The van der Waals surface area contributed by atoms with Crippen LogP contribution in [0.5, 0.6) is 0 Å². The maximum Gasteiger partial charge on any atom is 0.161 e. The molecule has 1 fully saturated rings. The zero-order valence-corrected chi connectivity index (χ0v) is 8.72. The molecule has 0 aliphatic carbocycles. The van der Waals surface area contributed by atoms with E-state index in [0.717, 1.165) is 19.0 Å². The van der Waals surface area contributed by atoms with E-state index in [9.17, 15) is 13.2 Å². The minimum Gasteiger partial charge on any atom is -0.326 e. The summed E-state index contributed by atoms with van der Waals surface area (Å²) in [5.74, 6) is -2.88. The Morgan fingerprint density at radius 1 is 1.19 bits per heavy atom. The molecule has 0 saturated carbocycles. The summed E-state index contributed by atoms with van der Waals surface area (Å²) in [5.41, 5.74) is 5.88. The molecule has 0 aromatic heterocycles. The molecule has 1 aliphatic heterocycles. The lowest BCUT2D eigenvalue weighted by Gasteiger charge is -2.15. The first kappa shape index (κ1) is 11.4. The maximum absolute atomic E-state index is 13.3. The zero-order chi connectivity index (χ0) is 11.7. The SMILES string of the molecule is N[C@@H]1CCN(Cc2cc(F)c(F)cc2F)C1. The van der Waals surface area contributed by atoms with E-state index in [0.29, 0.717) is 12.6 Å². The molecule has 2 N–H and O–H groups in total. The average molecular weight is 230 g/mol. The summed E-state index contributed by atoms with van der Waals surface area (Å²) in [5, 5.41) is 0. The lowest BCUT2D eigenvalue weighted by molar-refractivity contribution is 0.319. The summed E-state index contributed by atoms with van der Waals surface area (Å²) in [4.78, 5) is 1.93. The van der Waals surface area contributed by atoms with Crippen molar-refractivity contribution >= 4 is 0 Å². The first-order valence-corrected chi connectivity index (χ1v) is 5.17. The molecule has 5 heteroatoms. The van der Waals surface area contributed by atoms with Gasteiger partial charge in [0.15, 0.2) is 11.6 Å². The van der Waals surface area contributed by atoms with Gasteiger partial charge < -0.3 is 5.73 Å². The van der Waals surface area contributed by atoms with E-state index >= 15 is 0 Å². The molecule has 1 saturated heterocycles. The van der Waals surface area contributed by atoms with E-state index in [1.165, 1.54) is 0 Å². The number of nitrogens with two attached hydrogens (primary N) is 1. The number of nitrogens with zero attached hydrogens (tertiary/aromatic N) is 1. The molecule has 0 spiro atoms. The third kappa shape index (κ3) is 2.36. The monoisotopic (exact) mass is 230 g/mol. The highest BCUT2D eigenvalue weighted by molar-refractivity contribution is 5.20. The topological polar surface area (TPSA) is 29.3 Å². The van der Waals surface area contributed by atoms with E-state index in [1.54, 1.807) is 0 Å². The molecule has 1 atom stereocenters. The number of likely N-dealkylation sites (tertiary alicyclic amines) is 1. The van der Waals surface area contributed by atoms with Gasteiger partial charge in [-0.15, -0.1) is 0 Å². The summed E-state index contributed by atoms with van der Waals surface area (Å²) in [7, 11) is 0. The molecule has 0 radical (unpaired) electrons. The van der Waals surface area contributed by atoms with Gasteiger partial charge in [-0.2, -0.15) is 0 Å². The van der Waals surface area contributed by atoms with Gasteiger partial charge in [0.25, 0.3) is 0 Å². The van der Waals surface area contributed by atoms with Gasteiger partial charge in [0.2, 0.25) is 0 Å². The first-order valence-electron chi connectivity index (χ1n) is 5.17. The van der Waals surface area contributed by atoms with Crippen LogP contribution < -0.4 is 5.73 Å². The van der Waals surface area contributed by atoms with Crippen molar-refractivity contribution in [2.24, 2.45) is 5.73 Å². The van der Waals surface area contributed by atoms with Crippen LogP contribution in [0.15, 0.2) is 12.1 Å². The van der Waals surface area contributed by atoms with Crippen LogP contribution in [0.1, 0.15) is 12.0 Å². The number of halogens is 3. The van der Waals surface area contributed by atoms with Crippen LogP contribution in [-0.2, 0) is 6.54 Å². The second-order valence-electron chi connectivity index (χ2n) is 4.14. The van der Waals surface area contributed by atoms with Crippen molar-refractivity contribution in [1.29, 1.82) is 0 Å². The Morgan fingerprint density at radius 2 is 1.88 bits per heavy atom. The molecule has 1 heterocycles.